The zero-order valence-electron chi connectivity index (χ0n) is 10.2. The summed E-state index contributed by atoms with van der Waals surface area (Å²) in [5.41, 5.74) is 0.0978. The van der Waals surface area contributed by atoms with Crippen molar-refractivity contribution in [2.75, 3.05) is 0 Å². The minimum Gasteiger partial charge on any atom is -0.388 e. The van der Waals surface area contributed by atoms with Gasteiger partial charge in [0.15, 0.2) is 11.6 Å². The van der Waals surface area contributed by atoms with Gasteiger partial charge in [-0.3, -0.25) is 4.99 Å². The van der Waals surface area contributed by atoms with Gasteiger partial charge in [0.05, 0.1) is 16.7 Å². The maximum absolute atomic E-state index is 13.2. The molecule has 2 rings (SSSR count). The van der Waals surface area contributed by atoms with Crippen molar-refractivity contribution in [2.24, 2.45) is 4.99 Å². The molecule has 1 aromatic carbocycles. The second-order valence-corrected chi connectivity index (χ2v) is 5.44. The smallest absolute Gasteiger partial charge is 0.160 e. The van der Waals surface area contributed by atoms with Crippen LogP contribution in [0.5, 0.6) is 0 Å². The van der Waals surface area contributed by atoms with Crippen LogP contribution >= 0.6 is 11.6 Å². The van der Waals surface area contributed by atoms with Crippen molar-refractivity contribution in [3.05, 3.63) is 34.4 Å². The van der Waals surface area contributed by atoms with Crippen LogP contribution in [0.2, 0.25) is 5.02 Å². The van der Waals surface area contributed by atoms with Gasteiger partial charge in [-0.2, -0.15) is 0 Å². The summed E-state index contributed by atoms with van der Waals surface area (Å²) in [4.78, 5) is 4.35. The van der Waals surface area contributed by atoms with Gasteiger partial charge in [0.2, 0.25) is 0 Å². The lowest BCUT2D eigenvalue weighted by Crippen LogP contribution is -2.32. The highest BCUT2D eigenvalue weighted by molar-refractivity contribution is 6.34. The Hall–Kier alpha value is -1.00. The van der Waals surface area contributed by atoms with E-state index >= 15 is 0 Å². The summed E-state index contributed by atoms with van der Waals surface area (Å²) in [6, 6.07) is 1.77. The summed E-state index contributed by atoms with van der Waals surface area (Å²) in [7, 11) is 0. The van der Waals surface area contributed by atoms with Crippen molar-refractivity contribution in [3.8, 4) is 0 Å². The third kappa shape index (κ3) is 2.54. The zero-order chi connectivity index (χ0) is 13.5. The van der Waals surface area contributed by atoms with Crippen LogP contribution in [0.15, 0.2) is 17.1 Å². The van der Waals surface area contributed by atoms with E-state index in [-0.39, 0.29) is 11.1 Å². The van der Waals surface area contributed by atoms with Crippen molar-refractivity contribution in [1.29, 1.82) is 0 Å². The number of benzene rings is 1. The summed E-state index contributed by atoms with van der Waals surface area (Å²) < 4.78 is 26.2. The second kappa shape index (κ2) is 4.59. The van der Waals surface area contributed by atoms with Gasteiger partial charge in [0.25, 0.3) is 0 Å². The van der Waals surface area contributed by atoms with Gasteiger partial charge in [-0.25, -0.2) is 8.78 Å². The van der Waals surface area contributed by atoms with E-state index in [0.717, 1.165) is 12.1 Å². The van der Waals surface area contributed by atoms with E-state index in [2.05, 4.69) is 4.99 Å². The van der Waals surface area contributed by atoms with Gasteiger partial charge in [-0.15, -0.1) is 0 Å². The molecule has 0 saturated heterocycles. The van der Waals surface area contributed by atoms with Crippen LogP contribution in [0.1, 0.15) is 32.3 Å². The molecule has 0 spiro atoms. The number of halogens is 3. The number of nitrogens with zero attached hydrogens (tertiary/aromatic N) is 1. The van der Waals surface area contributed by atoms with E-state index in [1.54, 1.807) is 13.8 Å². The van der Waals surface area contributed by atoms with Gasteiger partial charge in [-0.05, 0) is 38.8 Å². The molecule has 0 saturated carbocycles. The van der Waals surface area contributed by atoms with E-state index in [4.69, 9.17) is 11.6 Å². The third-order valence-electron chi connectivity index (χ3n) is 3.10. The number of hydrogen-bond donors (Lipinski definition) is 1. The van der Waals surface area contributed by atoms with Crippen molar-refractivity contribution >= 4 is 17.3 Å². The lowest BCUT2D eigenvalue weighted by atomic mass is 9.97. The van der Waals surface area contributed by atoms with E-state index in [0.29, 0.717) is 24.1 Å². The Kier molecular flexibility index (Phi) is 3.43. The monoisotopic (exact) mass is 273 g/mol. The Bertz CT molecular complexity index is 508. The summed E-state index contributed by atoms with van der Waals surface area (Å²) >= 11 is 5.89. The van der Waals surface area contributed by atoms with Crippen LogP contribution < -0.4 is 0 Å². The van der Waals surface area contributed by atoms with E-state index in [9.17, 15) is 13.9 Å². The maximum Gasteiger partial charge on any atom is 0.160 e. The summed E-state index contributed by atoms with van der Waals surface area (Å²) in [6.45, 7) is 3.36. The summed E-state index contributed by atoms with van der Waals surface area (Å²) in [5, 5.41) is 10.0. The Morgan fingerprint density at radius 1 is 1.33 bits per heavy atom. The molecule has 5 heteroatoms. The SMILES string of the molecule is CC(C)(O)[C@H]1CCC(c2cc(F)c(F)cc2Cl)=N1. The van der Waals surface area contributed by atoms with Crippen molar-refractivity contribution in [1.82, 2.24) is 0 Å². The maximum atomic E-state index is 13.2. The molecule has 1 N–H and O–H groups in total. The Morgan fingerprint density at radius 2 is 1.94 bits per heavy atom. The van der Waals surface area contributed by atoms with Crippen LogP contribution in [-0.2, 0) is 0 Å². The summed E-state index contributed by atoms with van der Waals surface area (Å²) in [5.74, 6) is -1.91. The molecule has 1 atom stereocenters. The Morgan fingerprint density at radius 3 is 2.50 bits per heavy atom. The number of rotatable bonds is 2. The molecule has 18 heavy (non-hydrogen) atoms. The molecule has 0 bridgehead atoms. The van der Waals surface area contributed by atoms with Crippen LogP contribution in [0.3, 0.4) is 0 Å². The minimum absolute atomic E-state index is 0.143. The number of aliphatic imine (C=N–C) groups is 1. The molecular formula is C13H14ClF2NO. The molecule has 0 fully saturated rings. The minimum atomic E-state index is -0.971. The van der Waals surface area contributed by atoms with Gasteiger partial charge >= 0.3 is 0 Å². The molecule has 0 aliphatic carbocycles. The first-order valence-corrected chi connectivity index (χ1v) is 6.11. The van der Waals surface area contributed by atoms with Crippen molar-refractivity contribution in [2.45, 2.75) is 38.3 Å². The number of hydrogen-bond acceptors (Lipinski definition) is 2. The Balaban J connectivity index is 2.37. The fourth-order valence-electron chi connectivity index (χ4n) is 2.05. The topological polar surface area (TPSA) is 32.6 Å². The van der Waals surface area contributed by atoms with Gasteiger partial charge in [0.1, 0.15) is 0 Å². The highest BCUT2D eigenvalue weighted by Crippen LogP contribution is 2.30. The Labute approximate surface area is 109 Å². The molecule has 2 nitrogen and oxygen atoms in total. The average molecular weight is 274 g/mol. The normalized spacial score (nSPS) is 20.1. The first-order chi connectivity index (χ1) is 8.29. The zero-order valence-corrected chi connectivity index (χ0v) is 10.9. The molecule has 0 unspecified atom stereocenters. The molecular weight excluding hydrogens is 260 g/mol. The van der Waals surface area contributed by atoms with Crippen molar-refractivity contribution in [3.63, 3.8) is 0 Å². The molecule has 1 aliphatic heterocycles. The molecule has 0 radical (unpaired) electrons. The van der Waals surface area contributed by atoms with E-state index in [1.807, 2.05) is 0 Å². The fraction of sp³-hybridized carbons (Fsp3) is 0.462. The lowest BCUT2D eigenvalue weighted by Gasteiger charge is -2.22. The summed E-state index contributed by atoms with van der Waals surface area (Å²) in [6.07, 6.45) is 1.27. The van der Waals surface area contributed by atoms with Crippen LogP contribution in [0.25, 0.3) is 0 Å². The molecule has 0 aromatic heterocycles. The molecule has 1 heterocycles. The van der Waals surface area contributed by atoms with Crippen LogP contribution in [0, 0.1) is 11.6 Å². The van der Waals surface area contributed by atoms with Gasteiger partial charge in [0, 0.05) is 11.3 Å². The lowest BCUT2D eigenvalue weighted by molar-refractivity contribution is 0.0535. The average Bonchev–Trinajstić information content (AvgIpc) is 2.72. The predicted molar refractivity (Wildman–Crippen MR) is 67.2 cm³/mol. The number of aliphatic hydroxyl groups is 1. The standard InChI is InChI=1S/C13H14ClF2NO/c1-13(2,18)12-4-3-11(17-12)7-5-9(15)10(16)6-8(7)14/h5-6,12,18H,3-4H2,1-2H3/t12-/m1/s1. The largest absolute Gasteiger partial charge is 0.388 e. The van der Waals surface area contributed by atoms with Crippen LogP contribution in [-0.4, -0.2) is 22.5 Å². The molecule has 98 valence electrons. The predicted octanol–water partition coefficient (Wildman–Crippen LogP) is 3.34. The quantitative estimate of drug-likeness (QED) is 0.824. The molecule has 1 aliphatic rings. The fourth-order valence-corrected chi connectivity index (χ4v) is 2.31. The van der Waals surface area contributed by atoms with Crippen molar-refractivity contribution < 1.29 is 13.9 Å². The van der Waals surface area contributed by atoms with Gasteiger partial charge in [-0.1, -0.05) is 11.6 Å². The van der Waals surface area contributed by atoms with Crippen LogP contribution in [0.4, 0.5) is 8.78 Å². The van der Waals surface area contributed by atoms with Gasteiger partial charge < -0.3 is 5.11 Å². The van der Waals surface area contributed by atoms with E-state index < -0.39 is 17.2 Å². The first-order valence-electron chi connectivity index (χ1n) is 5.73. The molecule has 0 amide bonds. The highest BCUT2D eigenvalue weighted by Gasteiger charge is 2.31. The van der Waals surface area contributed by atoms with E-state index in [1.165, 1.54) is 0 Å². The highest BCUT2D eigenvalue weighted by atomic mass is 35.5. The molecule has 1 aromatic rings. The third-order valence-corrected chi connectivity index (χ3v) is 3.42. The first kappa shape index (κ1) is 13.4. The second-order valence-electron chi connectivity index (χ2n) is 5.03.